The summed E-state index contributed by atoms with van der Waals surface area (Å²) in [4.78, 5) is 11.6. The fourth-order valence-corrected chi connectivity index (χ4v) is 3.39. The number of halogens is 2. The first-order chi connectivity index (χ1) is 11.1. The minimum Gasteiger partial charge on any atom is -0.456 e. The summed E-state index contributed by atoms with van der Waals surface area (Å²) in [6, 6.07) is 7.25. The highest BCUT2D eigenvalue weighted by molar-refractivity contribution is 5.89. The molecule has 1 aromatic carbocycles. The van der Waals surface area contributed by atoms with E-state index < -0.39 is 19.0 Å². The standard InChI is InChI=1S/C19H26F2O2/c1-2-3-4-14-5-7-15(8-6-14)16-9-11-17(12-10-16)19(22)23-13-18(20)21/h9-12,14-15,18H,2-8,13H2,1H3/t14-,15-. The summed E-state index contributed by atoms with van der Waals surface area (Å²) in [5.41, 5.74) is 1.58. The largest absolute Gasteiger partial charge is 0.456 e. The van der Waals surface area contributed by atoms with Gasteiger partial charge in [-0.1, -0.05) is 38.3 Å². The SMILES string of the molecule is CCCC[C@H]1CC[C@H](c2ccc(C(=O)OCC(F)F)cc2)CC1. The van der Waals surface area contributed by atoms with E-state index in [0.717, 1.165) is 5.92 Å². The Hall–Kier alpha value is -1.45. The van der Waals surface area contributed by atoms with E-state index in [9.17, 15) is 13.6 Å². The van der Waals surface area contributed by atoms with Gasteiger partial charge >= 0.3 is 5.97 Å². The predicted molar refractivity (Wildman–Crippen MR) is 87.0 cm³/mol. The van der Waals surface area contributed by atoms with E-state index in [0.29, 0.717) is 11.5 Å². The molecule has 0 N–H and O–H groups in total. The molecular weight excluding hydrogens is 298 g/mol. The highest BCUT2D eigenvalue weighted by atomic mass is 19.3. The molecule has 1 saturated carbocycles. The third-order valence-electron chi connectivity index (χ3n) is 4.77. The van der Waals surface area contributed by atoms with Gasteiger partial charge in [0.15, 0.2) is 6.61 Å². The van der Waals surface area contributed by atoms with Crippen molar-refractivity contribution in [3.8, 4) is 0 Å². The number of alkyl halides is 2. The molecule has 1 aromatic rings. The van der Waals surface area contributed by atoms with E-state index >= 15 is 0 Å². The number of hydrogen-bond donors (Lipinski definition) is 0. The van der Waals surface area contributed by atoms with Gasteiger partial charge in [0.05, 0.1) is 5.56 Å². The van der Waals surface area contributed by atoms with Gasteiger partial charge in [-0.2, -0.15) is 0 Å². The van der Waals surface area contributed by atoms with E-state index in [1.807, 2.05) is 12.1 Å². The van der Waals surface area contributed by atoms with Crippen LogP contribution in [0.5, 0.6) is 0 Å². The Bertz CT molecular complexity index is 477. The molecule has 1 aliphatic rings. The van der Waals surface area contributed by atoms with E-state index in [1.54, 1.807) is 12.1 Å². The summed E-state index contributed by atoms with van der Waals surface area (Å²) in [6.45, 7) is 1.39. The number of esters is 1. The molecule has 0 amide bonds. The minimum absolute atomic E-state index is 0.339. The van der Waals surface area contributed by atoms with Gasteiger partial charge in [-0.25, -0.2) is 13.6 Å². The normalized spacial score (nSPS) is 21.4. The Kier molecular flexibility index (Phi) is 7.00. The Morgan fingerprint density at radius 2 is 1.83 bits per heavy atom. The highest BCUT2D eigenvalue weighted by Gasteiger charge is 2.22. The van der Waals surface area contributed by atoms with Gasteiger partial charge in [-0.05, 0) is 55.2 Å². The number of hydrogen-bond acceptors (Lipinski definition) is 2. The molecule has 23 heavy (non-hydrogen) atoms. The summed E-state index contributed by atoms with van der Waals surface area (Å²) in [6.07, 6.45) is 6.27. The van der Waals surface area contributed by atoms with Crippen LogP contribution in [0.2, 0.25) is 0 Å². The number of carbonyl (C=O) groups excluding carboxylic acids is 1. The molecule has 0 heterocycles. The lowest BCUT2D eigenvalue weighted by molar-refractivity contribution is 0.0160. The van der Waals surface area contributed by atoms with Crippen LogP contribution in [0.1, 0.15) is 73.7 Å². The van der Waals surface area contributed by atoms with Gasteiger partial charge in [-0.15, -0.1) is 0 Å². The molecule has 0 saturated heterocycles. The Morgan fingerprint density at radius 1 is 1.17 bits per heavy atom. The second-order valence-electron chi connectivity index (χ2n) is 6.47. The summed E-state index contributed by atoms with van der Waals surface area (Å²) in [5, 5.41) is 0. The van der Waals surface area contributed by atoms with E-state index in [2.05, 4.69) is 11.7 Å². The lowest BCUT2D eigenvalue weighted by atomic mass is 9.77. The number of rotatable bonds is 7. The van der Waals surface area contributed by atoms with E-state index in [-0.39, 0.29) is 0 Å². The molecule has 0 bridgehead atoms. The van der Waals surface area contributed by atoms with Crippen molar-refractivity contribution in [3.05, 3.63) is 35.4 Å². The van der Waals surface area contributed by atoms with Crippen molar-refractivity contribution in [1.29, 1.82) is 0 Å². The molecule has 4 heteroatoms. The lowest BCUT2D eigenvalue weighted by Gasteiger charge is -2.28. The smallest absolute Gasteiger partial charge is 0.338 e. The quantitative estimate of drug-likeness (QED) is 0.613. The highest BCUT2D eigenvalue weighted by Crippen LogP contribution is 2.37. The molecule has 0 radical (unpaired) electrons. The molecule has 0 spiro atoms. The van der Waals surface area contributed by atoms with Crippen molar-refractivity contribution in [2.75, 3.05) is 6.61 Å². The molecule has 0 unspecified atom stereocenters. The molecule has 0 aromatic heterocycles. The average molecular weight is 324 g/mol. The lowest BCUT2D eigenvalue weighted by Crippen LogP contribution is -2.14. The molecule has 0 aliphatic heterocycles. The summed E-state index contributed by atoms with van der Waals surface area (Å²) in [5.74, 6) is 0.744. The maximum Gasteiger partial charge on any atom is 0.338 e. The van der Waals surface area contributed by atoms with Crippen molar-refractivity contribution in [2.24, 2.45) is 5.92 Å². The first-order valence-corrected chi connectivity index (χ1v) is 8.65. The van der Waals surface area contributed by atoms with Gasteiger partial charge in [-0.3, -0.25) is 0 Å². The van der Waals surface area contributed by atoms with Crippen LogP contribution in [0.25, 0.3) is 0 Å². The third kappa shape index (κ3) is 5.60. The zero-order chi connectivity index (χ0) is 16.7. The molecule has 128 valence electrons. The topological polar surface area (TPSA) is 26.3 Å². The molecular formula is C19H26F2O2. The number of ether oxygens (including phenoxy) is 1. The Balaban J connectivity index is 1.84. The van der Waals surface area contributed by atoms with E-state index in [1.165, 1.54) is 50.5 Å². The van der Waals surface area contributed by atoms with Gasteiger partial charge < -0.3 is 4.74 Å². The predicted octanol–water partition coefficient (Wildman–Crippen LogP) is 5.57. The van der Waals surface area contributed by atoms with Crippen LogP contribution < -0.4 is 0 Å². The van der Waals surface area contributed by atoms with Gasteiger partial charge in [0.2, 0.25) is 0 Å². The second-order valence-corrected chi connectivity index (χ2v) is 6.47. The zero-order valence-corrected chi connectivity index (χ0v) is 13.8. The Labute approximate surface area is 137 Å². The first kappa shape index (κ1) is 17.9. The van der Waals surface area contributed by atoms with Crippen LogP contribution >= 0.6 is 0 Å². The van der Waals surface area contributed by atoms with E-state index in [4.69, 9.17) is 0 Å². The fraction of sp³-hybridized carbons (Fsp3) is 0.632. The van der Waals surface area contributed by atoms with Gasteiger partial charge in [0.25, 0.3) is 6.43 Å². The van der Waals surface area contributed by atoms with Crippen molar-refractivity contribution in [1.82, 2.24) is 0 Å². The molecule has 2 nitrogen and oxygen atoms in total. The molecule has 0 atom stereocenters. The third-order valence-corrected chi connectivity index (χ3v) is 4.77. The summed E-state index contributed by atoms with van der Waals surface area (Å²) >= 11 is 0. The van der Waals surface area contributed by atoms with Gasteiger partial charge in [0.1, 0.15) is 0 Å². The monoisotopic (exact) mass is 324 g/mol. The van der Waals surface area contributed by atoms with Crippen molar-refractivity contribution in [3.63, 3.8) is 0 Å². The van der Waals surface area contributed by atoms with Crippen molar-refractivity contribution in [2.45, 2.75) is 64.2 Å². The second kappa shape index (κ2) is 8.99. The molecule has 1 aliphatic carbocycles. The van der Waals surface area contributed by atoms with Crippen LogP contribution in [-0.2, 0) is 4.74 Å². The minimum atomic E-state index is -2.62. The maximum absolute atomic E-state index is 12.0. The maximum atomic E-state index is 12.0. The van der Waals surface area contributed by atoms with Crippen LogP contribution in [-0.4, -0.2) is 19.0 Å². The van der Waals surface area contributed by atoms with Gasteiger partial charge in [0, 0.05) is 0 Å². The van der Waals surface area contributed by atoms with Crippen LogP contribution in [0.3, 0.4) is 0 Å². The number of carbonyl (C=O) groups is 1. The van der Waals surface area contributed by atoms with Crippen LogP contribution in [0, 0.1) is 5.92 Å². The Morgan fingerprint density at radius 3 is 2.39 bits per heavy atom. The molecule has 2 rings (SSSR count). The molecule has 1 fully saturated rings. The number of unbranched alkanes of at least 4 members (excludes halogenated alkanes) is 1. The summed E-state index contributed by atoms with van der Waals surface area (Å²) in [7, 11) is 0. The van der Waals surface area contributed by atoms with Crippen molar-refractivity contribution < 1.29 is 18.3 Å². The zero-order valence-electron chi connectivity index (χ0n) is 13.8. The fourth-order valence-electron chi connectivity index (χ4n) is 3.39. The first-order valence-electron chi connectivity index (χ1n) is 8.65. The van der Waals surface area contributed by atoms with Crippen LogP contribution in [0.4, 0.5) is 8.78 Å². The van der Waals surface area contributed by atoms with Crippen molar-refractivity contribution >= 4 is 5.97 Å². The summed E-state index contributed by atoms with van der Waals surface area (Å²) < 4.78 is 28.6. The van der Waals surface area contributed by atoms with Crippen LogP contribution in [0.15, 0.2) is 24.3 Å². The number of benzene rings is 1. The average Bonchev–Trinajstić information content (AvgIpc) is 2.58.